The number of aryl methyl sites for hydroxylation is 1. The zero-order valence-corrected chi connectivity index (χ0v) is 43.1. The Bertz CT molecular complexity index is 2750. The van der Waals surface area contributed by atoms with Crippen molar-refractivity contribution >= 4 is 62.3 Å². The number of thiazole rings is 1. The summed E-state index contributed by atoms with van der Waals surface area (Å²) >= 11 is 1.50. The fourth-order valence-electron chi connectivity index (χ4n) is 8.78. The number of β-amino-alcohol motifs (C(OH)–C–C–N with tert-alkyl or cyclic N) is 1. The number of anilines is 1. The molecule has 3 heterocycles. The number of carbonyl (C=O) groups is 6. The second-order valence-electron chi connectivity index (χ2n) is 18.9. The van der Waals surface area contributed by atoms with Crippen molar-refractivity contribution in [2.75, 3.05) is 44.2 Å². The van der Waals surface area contributed by atoms with Gasteiger partial charge in [-0.1, -0.05) is 57.9 Å². The smallest absolute Gasteiger partial charge is 0.264 e. The molecule has 0 aliphatic carbocycles. The van der Waals surface area contributed by atoms with E-state index in [-0.39, 0.29) is 54.6 Å². The van der Waals surface area contributed by atoms with Gasteiger partial charge in [-0.05, 0) is 73.6 Å². The Kier molecular flexibility index (Phi) is 17.7. The van der Waals surface area contributed by atoms with Crippen LogP contribution < -0.4 is 30.2 Å². The van der Waals surface area contributed by atoms with E-state index in [4.69, 9.17) is 14.2 Å². The van der Waals surface area contributed by atoms with Gasteiger partial charge in [0, 0.05) is 44.7 Å². The zero-order chi connectivity index (χ0) is 51.8. The molecule has 382 valence electrons. The number of methoxy groups -OCH3 is 1. The molecule has 20 heteroatoms. The predicted molar refractivity (Wildman–Crippen MR) is 268 cm³/mol. The minimum atomic E-state index is -3.72. The molecular formula is C51H64N6O12S2. The number of fused-ring (bicyclic) bond motifs is 1. The first-order valence-corrected chi connectivity index (χ1v) is 26.5. The first-order valence-electron chi connectivity index (χ1n) is 23.6. The maximum atomic E-state index is 14.1. The van der Waals surface area contributed by atoms with Gasteiger partial charge in [-0.2, -0.15) is 0 Å². The first kappa shape index (κ1) is 54.0. The average Bonchev–Trinajstić information content (AvgIpc) is 4.00. The van der Waals surface area contributed by atoms with Gasteiger partial charge >= 0.3 is 0 Å². The molecule has 3 aromatic carbocycles. The molecule has 4 aromatic rings. The number of ether oxygens (including phenoxy) is 3. The van der Waals surface area contributed by atoms with Crippen molar-refractivity contribution in [3.8, 4) is 27.7 Å². The van der Waals surface area contributed by atoms with Gasteiger partial charge in [-0.15, -0.1) is 11.3 Å². The second kappa shape index (κ2) is 23.2. The van der Waals surface area contributed by atoms with Crippen LogP contribution in [0.15, 0.2) is 60.1 Å². The normalized spacial score (nSPS) is 16.6. The third-order valence-corrected chi connectivity index (χ3v) is 14.2. The van der Waals surface area contributed by atoms with Crippen LogP contribution in [-0.2, 0) is 35.6 Å². The van der Waals surface area contributed by atoms with Gasteiger partial charge in [0.15, 0.2) is 11.5 Å². The third kappa shape index (κ3) is 13.3. The van der Waals surface area contributed by atoms with E-state index < -0.39 is 68.9 Å². The van der Waals surface area contributed by atoms with Gasteiger partial charge in [0.2, 0.25) is 23.6 Å². The number of hydrogen-bond donors (Lipinski definition) is 4. The van der Waals surface area contributed by atoms with E-state index in [0.717, 1.165) is 33.7 Å². The van der Waals surface area contributed by atoms with Gasteiger partial charge in [0.1, 0.15) is 27.7 Å². The number of benzene rings is 3. The van der Waals surface area contributed by atoms with Gasteiger partial charge in [0.25, 0.3) is 11.8 Å². The molecule has 1 aromatic heterocycles. The quantitative estimate of drug-likeness (QED) is 0.0522. The number of nitrogens with one attached hydrogen (secondary N) is 3. The number of nitrogens with zero attached hydrogens (tertiary/aromatic N) is 3. The van der Waals surface area contributed by atoms with E-state index in [2.05, 4.69) is 20.9 Å². The molecule has 2 aliphatic heterocycles. The summed E-state index contributed by atoms with van der Waals surface area (Å²) in [5, 5.41) is 19.0. The summed E-state index contributed by atoms with van der Waals surface area (Å²) in [6, 6.07) is 12.0. The van der Waals surface area contributed by atoms with Crippen LogP contribution in [-0.4, -0.2) is 121 Å². The Balaban J connectivity index is 1.05. The standard InChI is InChI=1S/C51H64N6O12S2/c1-9-68-42-23-32(20-21-40(42)67-7)39(28-71(8,65)66)57-48(62)36-15-14-16-37(44(36)49(57)63)55-43(60)17-12-10-11-13-22-69-41-24-33(45-30(2)53-29-70-45)18-19-34(41)26-52-47(61)38-25-35(59)27-56(38)50(64)46(51(4,5)6)54-31(3)58/h14-16,18-21,23-24,29,35,38-39,46,59H,9-13,17,22,25-28H2,1-8H3,(H,52,61)(H,54,58)(H,55,60)/t35-,38+,39-,46-/m1/s1. The number of carbonyl (C=O) groups excluding carboxylic acids is 6. The van der Waals surface area contributed by atoms with Crippen molar-refractivity contribution in [1.82, 2.24) is 25.4 Å². The van der Waals surface area contributed by atoms with Gasteiger partial charge in [0.05, 0.1) is 71.1 Å². The van der Waals surface area contributed by atoms with Crippen LogP contribution in [0.4, 0.5) is 5.69 Å². The molecule has 71 heavy (non-hydrogen) atoms. The molecule has 0 unspecified atom stereocenters. The molecular weight excluding hydrogens is 953 g/mol. The first-order chi connectivity index (χ1) is 33.6. The fraction of sp³-hybridized carbons (Fsp3) is 0.471. The summed E-state index contributed by atoms with van der Waals surface area (Å²) in [5.41, 5.74) is 4.10. The van der Waals surface area contributed by atoms with Gasteiger partial charge in [-0.25, -0.2) is 13.4 Å². The number of rotatable bonds is 22. The van der Waals surface area contributed by atoms with Crippen molar-refractivity contribution in [3.05, 3.63) is 88.1 Å². The number of likely N-dealkylation sites (tertiary alicyclic amines) is 1. The number of aliphatic hydroxyl groups is 1. The summed E-state index contributed by atoms with van der Waals surface area (Å²) in [6.45, 7) is 11.1. The molecule has 6 amide bonds. The number of unbranched alkanes of at least 4 members (excludes halogenated alkanes) is 3. The number of imide groups is 1. The van der Waals surface area contributed by atoms with E-state index in [1.54, 1.807) is 36.7 Å². The van der Waals surface area contributed by atoms with Crippen LogP contribution in [0.2, 0.25) is 0 Å². The molecule has 1 saturated heterocycles. The lowest BCUT2D eigenvalue weighted by Crippen LogP contribution is -2.57. The Morgan fingerprint density at radius 2 is 1.70 bits per heavy atom. The SMILES string of the molecule is CCOc1cc([C@@H](CS(C)(=O)=O)N2C(=O)c3cccc(NC(=O)CCCCCCOc4cc(-c5scnc5C)ccc4CNC(=O)[C@@H]4C[C@@H](O)CN4C(=O)[C@@H](NC(C)=O)C(C)(C)C)c3C2=O)ccc1OC. The lowest BCUT2D eigenvalue weighted by Gasteiger charge is -2.35. The zero-order valence-electron chi connectivity index (χ0n) is 41.5. The van der Waals surface area contributed by atoms with Crippen LogP contribution in [0.1, 0.15) is 117 Å². The van der Waals surface area contributed by atoms with E-state index in [1.165, 1.54) is 42.4 Å². The molecule has 4 atom stereocenters. The van der Waals surface area contributed by atoms with Crippen molar-refractivity contribution < 1.29 is 56.5 Å². The molecule has 0 spiro atoms. The largest absolute Gasteiger partial charge is 0.493 e. The van der Waals surface area contributed by atoms with Crippen molar-refractivity contribution in [2.24, 2.45) is 5.41 Å². The summed E-state index contributed by atoms with van der Waals surface area (Å²) < 4.78 is 42.8. The van der Waals surface area contributed by atoms with Crippen LogP contribution in [0, 0.1) is 12.3 Å². The number of sulfone groups is 1. The van der Waals surface area contributed by atoms with E-state index in [9.17, 15) is 42.3 Å². The average molecular weight is 1020 g/mol. The summed E-state index contributed by atoms with van der Waals surface area (Å²) in [4.78, 5) is 88.3. The molecule has 0 bridgehead atoms. The van der Waals surface area contributed by atoms with Crippen molar-refractivity contribution in [3.63, 3.8) is 0 Å². The third-order valence-electron chi connectivity index (χ3n) is 12.3. The highest BCUT2D eigenvalue weighted by molar-refractivity contribution is 7.90. The molecule has 18 nitrogen and oxygen atoms in total. The lowest BCUT2D eigenvalue weighted by molar-refractivity contribution is -0.143. The molecule has 0 saturated carbocycles. The lowest BCUT2D eigenvalue weighted by atomic mass is 9.85. The Labute approximate surface area is 418 Å². The maximum absolute atomic E-state index is 14.1. The van der Waals surface area contributed by atoms with Crippen molar-refractivity contribution in [1.29, 1.82) is 0 Å². The highest BCUT2D eigenvalue weighted by atomic mass is 32.2. The van der Waals surface area contributed by atoms with Crippen LogP contribution in [0.3, 0.4) is 0 Å². The Hall–Kier alpha value is -6.38. The van der Waals surface area contributed by atoms with Crippen molar-refractivity contribution in [2.45, 2.75) is 111 Å². The van der Waals surface area contributed by atoms with Crippen LogP contribution >= 0.6 is 11.3 Å². The van der Waals surface area contributed by atoms with Gasteiger partial charge in [-0.3, -0.25) is 33.7 Å². The summed E-state index contributed by atoms with van der Waals surface area (Å²) in [6.07, 6.45) is 2.86. The topological polar surface area (TPSA) is 240 Å². The predicted octanol–water partition coefficient (Wildman–Crippen LogP) is 6.00. The fourth-order valence-corrected chi connectivity index (χ4v) is 10.5. The minimum absolute atomic E-state index is 0.0177. The number of hydrogen-bond acceptors (Lipinski definition) is 14. The molecule has 6 rings (SSSR count). The number of aliphatic hydroxyl groups excluding tert-OH is 1. The highest BCUT2D eigenvalue weighted by Gasteiger charge is 2.45. The molecule has 2 aliphatic rings. The Morgan fingerprint density at radius 3 is 2.37 bits per heavy atom. The molecule has 0 radical (unpaired) electrons. The second-order valence-corrected chi connectivity index (χ2v) is 22.0. The Morgan fingerprint density at radius 1 is 0.958 bits per heavy atom. The number of amides is 6. The molecule has 1 fully saturated rings. The minimum Gasteiger partial charge on any atom is -0.493 e. The summed E-state index contributed by atoms with van der Waals surface area (Å²) in [5.74, 6) is -2.31. The van der Waals surface area contributed by atoms with Gasteiger partial charge < -0.3 is 40.2 Å². The summed E-state index contributed by atoms with van der Waals surface area (Å²) in [7, 11) is -2.25. The van der Waals surface area contributed by atoms with E-state index >= 15 is 0 Å². The van der Waals surface area contributed by atoms with Crippen LogP contribution in [0.5, 0.6) is 17.2 Å². The maximum Gasteiger partial charge on any atom is 0.264 e. The van der Waals surface area contributed by atoms with E-state index in [1.807, 2.05) is 45.9 Å². The number of aromatic nitrogens is 1. The van der Waals surface area contributed by atoms with Crippen LogP contribution in [0.25, 0.3) is 10.4 Å². The van der Waals surface area contributed by atoms with E-state index in [0.29, 0.717) is 60.9 Å². The monoisotopic (exact) mass is 1020 g/mol. The highest BCUT2D eigenvalue weighted by Crippen LogP contribution is 2.39. The molecule has 4 N–H and O–H groups in total.